The summed E-state index contributed by atoms with van der Waals surface area (Å²) in [5, 5.41) is 17.3. The van der Waals surface area contributed by atoms with E-state index in [0.29, 0.717) is 0 Å². The Hall–Kier alpha value is -1.49. The summed E-state index contributed by atoms with van der Waals surface area (Å²) in [5.41, 5.74) is 3.77. The molecule has 0 spiro atoms. The summed E-state index contributed by atoms with van der Waals surface area (Å²) >= 11 is 5.38. The molecule has 0 saturated carbocycles. The number of phenols is 1. The zero-order chi connectivity index (χ0) is 10.2. The molecule has 1 aromatic rings. The first-order valence-electron chi connectivity index (χ1n) is 3.15. The average molecular weight is 206 g/mol. The van der Waals surface area contributed by atoms with Crippen molar-refractivity contribution in [3.05, 3.63) is 22.5 Å². The number of carbonyl (C=O) groups is 1. The Morgan fingerprint density at radius 3 is 2.62 bits per heavy atom. The third-order valence-corrected chi connectivity index (χ3v) is 1.72. The molecule has 0 unspecified atom stereocenters. The number of carboxylic acids is 1. The fraction of sp³-hybridized carbons (Fsp3) is 0. The van der Waals surface area contributed by atoms with Crippen molar-refractivity contribution >= 4 is 23.3 Å². The van der Waals surface area contributed by atoms with Crippen LogP contribution in [0.25, 0.3) is 0 Å². The molecule has 0 bridgehead atoms. The average Bonchev–Trinajstić information content (AvgIpc) is 2.01. The highest BCUT2D eigenvalue weighted by Gasteiger charge is 2.21. The van der Waals surface area contributed by atoms with E-state index in [4.69, 9.17) is 27.5 Å². The summed E-state index contributed by atoms with van der Waals surface area (Å²) in [6.07, 6.45) is 0. The van der Waals surface area contributed by atoms with Crippen LogP contribution in [0.4, 0.5) is 10.1 Å². The van der Waals surface area contributed by atoms with Gasteiger partial charge in [0.15, 0.2) is 11.6 Å². The lowest BCUT2D eigenvalue weighted by Gasteiger charge is -2.05. The molecule has 0 heterocycles. The second-order valence-electron chi connectivity index (χ2n) is 2.29. The lowest BCUT2D eigenvalue weighted by molar-refractivity contribution is 0.0688. The van der Waals surface area contributed by atoms with Gasteiger partial charge in [-0.25, -0.2) is 9.18 Å². The third kappa shape index (κ3) is 1.50. The second-order valence-corrected chi connectivity index (χ2v) is 2.70. The molecule has 1 rings (SSSR count). The largest absolute Gasteiger partial charge is 0.505 e. The number of anilines is 1. The maximum Gasteiger partial charge on any atom is 0.342 e. The Balaban J connectivity index is 3.56. The number of benzene rings is 1. The van der Waals surface area contributed by atoms with Gasteiger partial charge in [-0.1, -0.05) is 11.6 Å². The summed E-state index contributed by atoms with van der Waals surface area (Å²) in [7, 11) is 0. The molecule has 0 aliphatic rings. The van der Waals surface area contributed by atoms with E-state index in [9.17, 15) is 9.18 Å². The standard InChI is InChI=1S/C7H5ClFNO3/c8-2-1-3(10)5(9)4(6(2)11)7(12)13/h1,11H,10H2,(H,12,13). The van der Waals surface area contributed by atoms with E-state index in [1.165, 1.54) is 0 Å². The molecule has 13 heavy (non-hydrogen) atoms. The van der Waals surface area contributed by atoms with Crippen LogP contribution >= 0.6 is 11.6 Å². The van der Waals surface area contributed by atoms with Crippen LogP contribution < -0.4 is 5.73 Å². The summed E-state index contributed by atoms with van der Waals surface area (Å²) in [4.78, 5) is 10.4. The molecule has 6 heteroatoms. The highest BCUT2D eigenvalue weighted by Crippen LogP contribution is 2.32. The summed E-state index contributed by atoms with van der Waals surface area (Å²) in [6.45, 7) is 0. The van der Waals surface area contributed by atoms with Crippen LogP contribution in [0.1, 0.15) is 10.4 Å². The van der Waals surface area contributed by atoms with Crippen molar-refractivity contribution in [3.63, 3.8) is 0 Å². The van der Waals surface area contributed by atoms with Gasteiger partial charge in [0, 0.05) is 0 Å². The van der Waals surface area contributed by atoms with E-state index >= 15 is 0 Å². The molecule has 0 fully saturated rings. The number of nitrogen functional groups attached to an aromatic ring is 1. The molecule has 0 aliphatic carbocycles. The first-order chi connectivity index (χ1) is 5.95. The maximum absolute atomic E-state index is 13.0. The molecule has 1 aromatic carbocycles. The summed E-state index contributed by atoms with van der Waals surface area (Å²) in [5.74, 6) is -3.63. The van der Waals surface area contributed by atoms with Gasteiger partial charge in [0.2, 0.25) is 0 Å². The first kappa shape index (κ1) is 9.60. The van der Waals surface area contributed by atoms with Gasteiger partial charge < -0.3 is 15.9 Å². The van der Waals surface area contributed by atoms with Gasteiger partial charge in [0.25, 0.3) is 0 Å². The van der Waals surface area contributed by atoms with Gasteiger partial charge in [-0.05, 0) is 6.07 Å². The van der Waals surface area contributed by atoms with Crippen LogP contribution in [-0.2, 0) is 0 Å². The van der Waals surface area contributed by atoms with Gasteiger partial charge in [0.1, 0.15) is 5.56 Å². The Morgan fingerprint density at radius 1 is 1.62 bits per heavy atom. The van der Waals surface area contributed by atoms with Gasteiger partial charge in [-0.2, -0.15) is 0 Å². The predicted octanol–water partition coefficient (Wildman–Crippen LogP) is 1.47. The lowest BCUT2D eigenvalue weighted by atomic mass is 10.1. The normalized spacial score (nSPS) is 10.0. The molecule has 0 saturated heterocycles. The Morgan fingerprint density at radius 2 is 2.15 bits per heavy atom. The molecule has 0 radical (unpaired) electrons. The van der Waals surface area contributed by atoms with Gasteiger partial charge in [0.05, 0.1) is 10.7 Å². The molecule has 0 amide bonds. The van der Waals surface area contributed by atoms with Crippen LogP contribution in [-0.4, -0.2) is 16.2 Å². The van der Waals surface area contributed by atoms with E-state index in [2.05, 4.69) is 0 Å². The molecule has 0 aromatic heterocycles. The van der Waals surface area contributed by atoms with Crippen LogP contribution in [0.3, 0.4) is 0 Å². The first-order valence-corrected chi connectivity index (χ1v) is 3.52. The molecular weight excluding hydrogens is 201 g/mol. The Bertz CT molecular complexity index is 354. The molecular formula is C7H5ClFNO3. The maximum atomic E-state index is 13.0. The number of aromatic hydroxyl groups is 1. The second kappa shape index (κ2) is 3.10. The minimum absolute atomic E-state index is 0.295. The SMILES string of the molecule is Nc1cc(Cl)c(O)c(C(=O)O)c1F. The van der Waals surface area contributed by atoms with Crippen molar-refractivity contribution in [1.29, 1.82) is 0 Å². The monoisotopic (exact) mass is 205 g/mol. The molecule has 0 atom stereocenters. The van der Waals surface area contributed by atoms with Crippen LogP contribution in [0.2, 0.25) is 5.02 Å². The van der Waals surface area contributed by atoms with Crippen molar-refractivity contribution in [1.82, 2.24) is 0 Å². The smallest absolute Gasteiger partial charge is 0.342 e. The number of halogens is 2. The zero-order valence-electron chi connectivity index (χ0n) is 6.21. The van der Waals surface area contributed by atoms with Crippen molar-refractivity contribution in [3.8, 4) is 5.75 Å². The fourth-order valence-corrected chi connectivity index (χ4v) is 1.04. The van der Waals surface area contributed by atoms with Gasteiger partial charge >= 0.3 is 5.97 Å². The van der Waals surface area contributed by atoms with Crippen LogP contribution in [0.15, 0.2) is 6.07 Å². The number of aromatic carboxylic acids is 1. The zero-order valence-corrected chi connectivity index (χ0v) is 6.97. The summed E-state index contributed by atoms with van der Waals surface area (Å²) < 4.78 is 13.0. The van der Waals surface area contributed by atoms with Crippen LogP contribution in [0.5, 0.6) is 5.75 Å². The van der Waals surface area contributed by atoms with Crippen LogP contribution in [0, 0.1) is 5.82 Å². The number of carboxylic acid groups (broad SMARTS) is 1. The highest BCUT2D eigenvalue weighted by molar-refractivity contribution is 6.32. The molecule has 4 N–H and O–H groups in total. The summed E-state index contributed by atoms with van der Waals surface area (Å²) in [6, 6.07) is 0.943. The van der Waals surface area contributed by atoms with E-state index in [1.54, 1.807) is 0 Å². The van der Waals surface area contributed by atoms with E-state index in [1.807, 2.05) is 0 Å². The predicted molar refractivity (Wildman–Crippen MR) is 44.4 cm³/mol. The number of rotatable bonds is 1. The number of nitrogens with two attached hydrogens (primary N) is 1. The fourth-order valence-electron chi connectivity index (χ4n) is 0.831. The number of hydrogen-bond donors (Lipinski definition) is 3. The van der Waals surface area contributed by atoms with Gasteiger partial charge in [-0.15, -0.1) is 0 Å². The Kier molecular flexibility index (Phi) is 2.29. The van der Waals surface area contributed by atoms with E-state index in [-0.39, 0.29) is 5.02 Å². The van der Waals surface area contributed by atoms with Crippen molar-refractivity contribution in [2.24, 2.45) is 0 Å². The highest BCUT2D eigenvalue weighted by atomic mass is 35.5. The van der Waals surface area contributed by atoms with Crippen molar-refractivity contribution in [2.45, 2.75) is 0 Å². The van der Waals surface area contributed by atoms with Crippen molar-refractivity contribution in [2.75, 3.05) is 5.73 Å². The van der Waals surface area contributed by atoms with Crippen molar-refractivity contribution < 1.29 is 19.4 Å². The lowest BCUT2D eigenvalue weighted by Crippen LogP contribution is -2.04. The molecule has 0 aliphatic heterocycles. The minimum atomic E-state index is -1.62. The van der Waals surface area contributed by atoms with E-state index < -0.39 is 28.8 Å². The minimum Gasteiger partial charge on any atom is -0.505 e. The molecule has 4 nitrogen and oxygen atoms in total. The Labute approximate surface area is 77.4 Å². The quantitative estimate of drug-likeness (QED) is 0.479. The topological polar surface area (TPSA) is 83.5 Å². The molecule has 70 valence electrons. The van der Waals surface area contributed by atoms with Gasteiger partial charge in [-0.3, -0.25) is 0 Å². The third-order valence-electron chi connectivity index (χ3n) is 1.43. The number of hydrogen-bond acceptors (Lipinski definition) is 3. The van der Waals surface area contributed by atoms with E-state index in [0.717, 1.165) is 6.07 Å².